The minimum atomic E-state index is -0.210. The summed E-state index contributed by atoms with van der Waals surface area (Å²) in [6.07, 6.45) is 3.32. The van der Waals surface area contributed by atoms with Crippen LogP contribution in [0.4, 0.5) is 10.1 Å². The van der Waals surface area contributed by atoms with Crippen LogP contribution in [0.1, 0.15) is 5.56 Å². The zero-order valence-corrected chi connectivity index (χ0v) is 16.1. The van der Waals surface area contributed by atoms with Crippen molar-refractivity contribution in [2.24, 2.45) is 0 Å². The van der Waals surface area contributed by atoms with Crippen molar-refractivity contribution in [1.82, 2.24) is 10.2 Å². The first-order chi connectivity index (χ1) is 13.6. The Hall–Kier alpha value is -2.86. The van der Waals surface area contributed by atoms with E-state index in [-0.39, 0.29) is 11.7 Å². The van der Waals surface area contributed by atoms with E-state index in [0.29, 0.717) is 6.54 Å². The number of carbonyl (C=O) groups excluding carboxylic acids is 1. The second-order valence-electron chi connectivity index (χ2n) is 6.71. The molecule has 0 radical (unpaired) electrons. The largest absolute Gasteiger partial charge is 0.497 e. The van der Waals surface area contributed by atoms with Crippen LogP contribution >= 0.6 is 0 Å². The molecule has 1 aliphatic rings. The average molecular weight is 383 g/mol. The van der Waals surface area contributed by atoms with Gasteiger partial charge in [0.2, 0.25) is 5.91 Å². The van der Waals surface area contributed by atoms with Crippen LogP contribution in [-0.2, 0) is 4.79 Å². The molecular formula is C22H26FN3O2. The second kappa shape index (κ2) is 9.90. The normalized spacial score (nSPS) is 15.0. The third kappa shape index (κ3) is 5.82. The van der Waals surface area contributed by atoms with Crippen molar-refractivity contribution in [2.45, 2.75) is 0 Å². The van der Waals surface area contributed by atoms with Gasteiger partial charge in [0.15, 0.2) is 0 Å². The highest BCUT2D eigenvalue weighted by molar-refractivity contribution is 5.91. The number of nitrogens with zero attached hydrogens (tertiary/aromatic N) is 2. The smallest absolute Gasteiger partial charge is 0.244 e. The lowest BCUT2D eigenvalue weighted by Gasteiger charge is -2.36. The maximum Gasteiger partial charge on any atom is 0.244 e. The number of hydrogen-bond donors (Lipinski definition) is 1. The molecule has 28 heavy (non-hydrogen) atoms. The zero-order valence-electron chi connectivity index (χ0n) is 16.1. The van der Waals surface area contributed by atoms with Crippen LogP contribution in [0.3, 0.4) is 0 Å². The van der Waals surface area contributed by atoms with Crippen LogP contribution in [-0.4, -0.2) is 57.2 Å². The van der Waals surface area contributed by atoms with Crippen molar-refractivity contribution in [1.29, 1.82) is 0 Å². The predicted molar refractivity (Wildman–Crippen MR) is 110 cm³/mol. The number of anilines is 1. The molecule has 1 aliphatic heterocycles. The molecule has 2 aromatic rings. The van der Waals surface area contributed by atoms with E-state index >= 15 is 0 Å². The molecule has 0 aromatic heterocycles. The Kier molecular flexibility index (Phi) is 7.03. The van der Waals surface area contributed by atoms with Gasteiger partial charge >= 0.3 is 0 Å². The first-order valence-corrected chi connectivity index (χ1v) is 9.47. The van der Waals surface area contributed by atoms with Crippen molar-refractivity contribution >= 4 is 17.7 Å². The summed E-state index contributed by atoms with van der Waals surface area (Å²) in [5, 5.41) is 2.92. The van der Waals surface area contributed by atoms with Crippen molar-refractivity contribution in [3.05, 3.63) is 66.0 Å². The van der Waals surface area contributed by atoms with E-state index in [1.165, 1.54) is 12.1 Å². The molecule has 1 N–H and O–H groups in total. The standard InChI is InChI=1S/C22H26FN3O2/c1-28-21-4-2-3-18(17-21)5-10-22(27)24-11-12-25-13-15-26(16-14-25)20-8-6-19(23)7-9-20/h2-10,17H,11-16H2,1H3,(H,24,27)/b10-5-. The summed E-state index contributed by atoms with van der Waals surface area (Å²) in [4.78, 5) is 16.6. The number of benzene rings is 2. The molecule has 5 nitrogen and oxygen atoms in total. The molecule has 2 aromatic carbocycles. The van der Waals surface area contributed by atoms with Crippen LogP contribution in [0.25, 0.3) is 6.08 Å². The molecule has 0 atom stereocenters. The lowest BCUT2D eigenvalue weighted by molar-refractivity contribution is -0.116. The molecule has 0 unspecified atom stereocenters. The topological polar surface area (TPSA) is 44.8 Å². The van der Waals surface area contributed by atoms with Gasteiger partial charge < -0.3 is 15.0 Å². The molecule has 148 valence electrons. The number of hydrogen-bond acceptors (Lipinski definition) is 4. The van der Waals surface area contributed by atoms with Gasteiger partial charge in [-0.2, -0.15) is 0 Å². The van der Waals surface area contributed by atoms with E-state index in [0.717, 1.165) is 49.7 Å². The molecule has 6 heteroatoms. The van der Waals surface area contributed by atoms with Crippen LogP contribution < -0.4 is 15.0 Å². The van der Waals surface area contributed by atoms with Gasteiger partial charge in [-0.1, -0.05) is 12.1 Å². The van der Waals surface area contributed by atoms with Crippen LogP contribution in [0.2, 0.25) is 0 Å². The van der Waals surface area contributed by atoms with E-state index in [1.807, 2.05) is 36.4 Å². The van der Waals surface area contributed by atoms with Crippen molar-refractivity contribution in [3.8, 4) is 5.75 Å². The molecule has 0 spiro atoms. The number of halogens is 1. The predicted octanol–water partition coefficient (Wildman–Crippen LogP) is 2.79. The quantitative estimate of drug-likeness (QED) is 0.747. The van der Waals surface area contributed by atoms with Gasteiger partial charge in [0.05, 0.1) is 7.11 Å². The van der Waals surface area contributed by atoms with E-state index in [4.69, 9.17) is 4.74 Å². The number of amides is 1. The fourth-order valence-corrected chi connectivity index (χ4v) is 3.19. The van der Waals surface area contributed by atoms with E-state index < -0.39 is 0 Å². The summed E-state index contributed by atoms with van der Waals surface area (Å²) >= 11 is 0. The monoisotopic (exact) mass is 383 g/mol. The summed E-state index contributed by atoms with van der Waals surface area (Å²) in [5.41, 5.74) is 1.98. The fraction of sp³-hybridized carbons (Fsp3) is 0.318. The number of carbonyl (C=O) groups is 1. The number of ether oxygens (including phenoxy) is 1. The minimum absolute atomic E-state index is 0.104. The van der Waals surface area contributed by atoms with Gasteiger partial charge in [-0.05, 0) is 48.0 Å². The molecule has 0 bridgehead atoms. The Bertz CT molecular complexity index is 800. The van der Waals surface area contributed by atoms with E-state index in [1.54, 1.807) is 19.3 Å². The van der Waals surface area contributed by atoms with Crippen molar-refractivity contribution in [3.63, 3.8) is 0 Å². The Morgan fingerprint density at radius 1 is 1.14 bits per heavy atom. The SMILES string of the molecule is COc1cccc(/C=C\C(=O)NCCN2CCN(c3ccc(F)cc3)CC2)c1. The maximum atomic E-state index is 13.0. The molecular weight excluding hydrogens is 357 g/mol. The number of methoxy groups -OCH3 is 1. The second-order valence-corrected chi connectivity index (χ2v) is 6.71. The zero-order chi connectivity index (χ0) is 19.8. The van der Waals surface area contributed by atoms with Crippen LogP contribution in [0, 0.1) is 5.82 Å². The summed E-state index contributed by atoms with van der Waals surface area (Å²) in [6, 6.07) is 14.2. The van der Waals surface area contributed by atoms with E-state index in [9.17, 15) is 9.18 Å². The van der Waals surface area contributed by atoms with Gasteiger partial charge in [0.1, 0.15) is 11.6 Å². The van der Waals surface area contributed by atoms with Crippen LogP contribution in [0.15, 0.2) is 54.6 Å². The highest BCUT2D eigenvalue weighted by Gasteiger charge is 2.16. The number of nitrogens with one attached hydrogen (secondary N) is 1. The Morgan fingerprint density at radius 2 is 1.89 bits per heavy atom. The highest BCUT2D eigenvalue weighted by Crippen LogP contribution is 2.16. The third-order valence-electron chi connectivity index (χ3n) is 4.81. The summed E-state index contributed by atoms with van der Waals surface area (Å²) in [6.45, 7) is 5.07. The summed E-state index contributed by atoms with van der Waals surface area (Å²) in [5.74, 6) is 0.452. The molecule has 1 amide bonds. The molecule has 0 aliphatic carbocycles. The Morgan fingerprint density at radius 3 is 2.61 bits per heavy atom. The van der Waals surface area contributed by atoms with Gasteiger partial charge in [-0.15, -0.1) is 0 Å². The fourth-order valence-electron chi connectivity index (χ4n) is 3.19. The molecule has 1 fully saturated rings. The lowest BCUT2D eigenvalue weighted by atomic mass is 10.2. The Balaban J connectivity index is 1.36. The number of rotatable bonds is 7. The Labute approximate surface area is 165 Å². The highest BCUT2D eigenvalue weighted by atomic mass is 19.1. The van der Waals surface area contributed by atoms with Crippen molar-refractivity contribution < 1.29 is 13.9 Å². The molecule has 3 rings (SSSR count). The minimum Gasteiger partial charge on any atom is -0.497 e. The van der Waals surface area contributed by atoms with E-state index in [2.05, 4.69) is 15.1 Å². The first-order valence-electron chi connectivity index (χ1n) is 9.47. The maximum absolute atomic E-state index is 13.0. The van der Waals surface area contributed by atoms with Gasteiger partial charge in [0.25, 0.3) is 0 Å². The lowest BCUT2D eigenvalue weighted by Crippen LogP contribution is -2.48. The van der Waals surface area contributed by atoms with Gasteiger partial charge in [-0.25, -0.2) is 4.39 Å². The summed E-state index contributed by atoms with van der Waals surface area (Å²) < 4.78 is 18.2. The average Bonchev–Trinajstić information content (AvgIpc) is 2.73. The molecule has 1 heterocycles. The first kappa shape index (κ1) is 19.9. The summed E-state index contributed by atoms with van der Waals surface area (Å²) in [7, 11) is 1.62. The molecule has 0 saturated carbocycles. The molecule has 1 saturated heterocycles. The third-order valence-corrected chi connectivity index (χ3v) is 4.81. The van der Waals surface area contributed by atoms with Gasteiger partial charge in [-0.3, -0.25) is 9.69 Å². The van der Waals surface area contributed by atoms with Crippen LogP contribution in [0.5, 0.6) is 5.75 Å². The van der Waals surface area contributed by atoms with Crippen molar-refractivity contribution in [2.75, 3.05) is 51.3 Å². The number of piperazine rings is 1. The van der Waals surface area contributed by atoms with Gasteiger partial charge in [0, 0.05) is 51.0 Å².